The fourth-order valence-corrected chi connectivity index (χ4v) is 1.57. The smallest absolute Gasteiger partial charge is 0.0186 e. The van der Waals surface area contributed by atoms with Crippen molar-refractivity contribution in [2.45, 2.75) is 0 Å². The summed E-state index contributed by atoms with van der Waals surface area (Å²) in [6.45, 7) is 0. The van der Waals surface area contributed by atoms with Crippen molar-refractivity contribution in [2.24, 2.45) is 5.73 Å². The lowest BCUT2D eigenvalue weighted by Gasteiger charge is -1.87. The van der Waals surface area contributed by atoms with Crippen LogP contribution in [0.1, 0.15) is 0 Å². The van der Waals surface area contributed by atoms with Crippen LogP contribution in [-0.4, -0.2) is 7.05 Å². The van der Waals surface area contributed by atoms with Crippen molar-refractivity contribution in [1.29, 1.82) is 0 Å². The van der Waals surface area contributed by atoms with E-state index in [9.17, 15) is 0 Å². The molecule has 0 radical (unpaired) electrons. The fourth-order valence-electron chi connectivity index (χ4n) is 0.460. The molecule has 0 saturated heterocycles. The highest BCUT2D eigenvalue weighted by Crippen LogP contribution is 2.15. The van der Waals surface area contributed by atoms with Crippen molar-refractivity contribution >= 4 is 31.9 Å². The van der Waals surface area contributed by atoms with Crippen LogP contribution in [0.2, 0.25) is 0 Å². The van der Waals surface area contributed by atoms with Crippen LogP contribution >= 0.6 is 31.9 Å². The molecule has 1 rings (SSSR count). The summed E-state index contributed by atoms with van der Waals surface area (Å²) in [4.78, 5) is 0. The van der Waals surface area contributed by atoms with Gasteiger partial charge in [0.2, 0.25) is 0 Å². The molecule has 56 valence electrons. The van der Waals surface area contributed by atoms with Crippen molar-refractivity contribution in [3.63, 3.8) is 0 Å². The third-order valence-corrected chi connectivity index (χ3v) is 1.77. The van der Waals surface area contributed by atoms with Gasteiger partial charge in [-0.3, -0.25) is 0 Å². The molecule has 10 heavy (non-hydrogen) atoms. The molecular formula is C7H9Br2N. The van der Waals surface area contributed by atoms with Crippen LogP contribution in [0.4, 0.5) is 0 Å². The summed E-state index contributed by atoms with van der Waals surface area (Å²) >= 11 is 6.66. The van der Waals surface area contributed by atoms with E-state index in [2.05, 4.69) is 37.6 Å². The SMILES string of the molecule is Brc1cccc(Br)c1.CN. The normalized spacial score (nSPS) is 8.00. The van der Waals surface area contributed by atoms with Gasteiger partial charge in [0.25, 0.3) is 0 Å². The topological polar surface area (TPSA) is 26.0 Å². The molecular weight excluding hydrogens is 258 g/mol. The Kier molecular flexibility index (Phi) is 5.97. The molecule has 1 aromatic carbocycles. The average Bonchev–Trinajstić information content (AvgIpc) is 1.91. The van der Waals surface area contributed by atoms with Crippen molar-refractivity contribution < 1.29 is 0 Å². The molecule has 0 amide bonds. The Morgan fingerprint density at radius 1 is 1.10 bits per heavy atom. The van der Waals surface area contributed by atoms with E-state index < -0.39 is 0 Å². The molecule has 0 spiro atoms. The number of rotatable bonds is 0. The zero-order valence-corrected chi connectivity index (χ0v) is 8.81. The average molecular weight is 267 g/mol. The van der Waals surface area contributed by atoms with E-state index in [1.807, 2.05) is 24.3 Å². The second-order valence-electron chi connectivity index (χ2n) is 1.44. The van der Waals surface area contributed by atoms with Gasteiger partial charge in [0, 0.05) is 8.95 Å². The first kappa shape index (κ1) is 10.1. The van der Waals surface area contributed by atoms with Gasteiger partial charge in [-0.25, -0.2) is 0 Å². The molecule has 1 nitrogen and oxygen atoms in total. The van der Waals surface area contributed by atoms with Crippen LogP contribution in [-0.2, 0) is 0 Å². The van der Waals surface area contributed by atoms with Gasteiger partial charge in [-0.15, -0.1) is 0 Å². The highest BCUT2D eigenvalue weighted by atomic mass is 79.9. The molecule has 0 aromatic heterocycles. The highest BCUT2D eigenvalue weighted by Gasteiger charge is 1.84. The van der Waals surface area contributed by atoms with Crippen molar-refractivity contribution in [1.82, 2.24) is 0 Å². The van der Waals surface area contributed by atoms with Crippen molar-refractivity contribution in [2.75, 3.05) is 7.05 Å². The van der Waals surface area contributed by atoms with Crippen LogP contribution in [0.25, 0.3) is 0 Å². The molecule has 0 aliphatic carbocycles. The standard InChI is InChI=1S/C6H4Br2.CH5N/c7-5-2-1-3-6(8)4-5;1-2/h1-4H;2H2,1H3. The summed E-state index contributed by atoms with van der Waals surface area (Å²) in [6.07, 6.45) is 0. The number of halogens is 2. The van der Waals surface area contributed by atoms with Crippen molar-refractivity contribution in [3.8, 4) is 0 Å². The molecule has 0 aliphatic heterocycles. The van der Waals surface area contributed by atoms with Gasteiger partial charge in [0.15, 0.2) is 0 Å². The van der Waals surface area contributed by atoms with Gasteiger partial charge >= 0.3 is 0 Å². The van der Waals surface area contributed by atoms with Crippen LogP contribution in [0.15, 0.2) is 33.2 Å². The Hall–Kier alpha value is 0.140. The maximum Gasteiger partial charge on any atom is 0.0186 e. The Morgan fingerprint density at radius 3 is 1.70 bits per heavy atom. The predicted molar refractivity (Wildman–Crippen MR) is 52.0 cm³/mol. The first-order valence-corrected chi connectivity index (χ1v) is 4.36. The van der Waals surface area contributed by atoms with Crippen LogP contribution in [0.3, 0.4) is 0 Å². The fraction of sp³-hybridized carbons (Fsp3) is 0.143. The molecule has 3 heteroatoms. The van der Waals surface area contributed by atoms with E-state index in [1.54, 1.807) is 0 Å². The molecule has 0 bridgehead atoms. The van der Waals surface area contributed by atoms with Crippen LogP contribution in [0, 0.1) is 0 Å². The van der Waals surface area contributed by atoms with Crippen LogP contribution < -0.4 is 5.73 Å². The summed E-state index contributed by atoms with van der Waals surface area (Å²) in [7, 11) is 1.50. The highest BCUT2D eigenvalue weighted by molar-refractivity contribution is 9.11. The monoisotopic (exact) mass is 265 g/mol. The number of hydrogen-bond donors (Lipinski definition) is 1. The quantitative estimate of drug-likeness (QED) is 0.768. The van der Waals surface area contributed by atoms with Crippen LogP contribution in [0.5, 0.6) is 0 Å². The van der Waals surface area contributed by atoms with E-state index in [1.165, 1.54) is 7.05 Å². The number of nitrogens with two attached hydrogens (primary N) is 1. The van der Waals surface area contributed by atoms with Crippen molar-refractivity contribution in [3.05, 3.63) is 33.2 Å². The van der Waals surface area contributed by atoms with Gasteiger partial charge in [0.1, 0.15) is 0 Å². The Morgan fingerprint density at radius 2 is 1.50 bits per heavy atom. The molecule has 0 atom stereocenters. The first-order chi connectivity index (χ1) is 4.79. The van der Waals surface area contributed by atoms with E-state index in [0.717, 1.165) is 8.95 Å². The summed E-state index contributed by atoms with van der Waals surface area (Å²) in [5.74, 6) is 0. The molecule has 0 fully saturated rings. The third kappa shape index (κ3) is 4.04. The lowest BCUT2D eigenvalue weighted by Crippen LogP contribution is -1.69. The Balaban J connectivity index is 0.000000371. The first-order valence-electron chi connectivity index (χ1n) is 2.78. The lowest BCUT2D eigenvalue weighted by atomic mass is 10.4. The minimum atomic E-state index is 1.10. The Bertz CT molecular complexity index is 171. The second kappa shape index (κ2) is 5.89. The summed E-state index contributed by atoms with van der Waals surface area (Å²) in [5.41, 5.74) is 4.50. The Labute approximate surface area is 77.9 Å². The maximum absolute atomic E-state index is 4.50. The minimum absolute atomic E-state index is 1.10. The lowest BCUT2D eigenvalue weighted by molar-refractivity contribution is 1.48. The molecule has 0 saturated carbocycles. The number of benzene rings is 1. The molecule has 0 unspecified atom stereocenters. The predicted octanol–water partition coefficient (Wildman–Crippen LogP) is 2.79. The molecule has 2 N–H and O–H groups in total. The van der Waals surface area contributed by atoms with E-state index in [4.69, 9.17) is 0 Å². The largest absolute Gasteiger partial charge is 0.333 e. The van der Waals surface area contributed by atoms with Gasteiger partial charge < -0.3 is 5.73 Å². The van der Waals surface area contributed by atoms with E-state index in [-0.39, 0.29) is 0 Å². The van der Waals surface area contributed by atoms with Gasteiger partial charge in [0.05, 0.1) is 0 Å². The molecule has 0 aliphatic rings. The summed E-state index contributed by atoms with van der Waals surface area (Å²) in [6, 6.07) is 7.96. The molecule has 0 heterocycles. The van der Waals surface area contributed by atoms with Gasteiger partial charge in [-0.05, 0) is 25.2 Å². The zero-order valence-electron chi connectivity index (χ0n) is 5.64. The summed E-state index contributed by atoms with van der Waals surface area (Å²) in [5, 5.41) is 0. The third-order valence-electron chi connectivity index (χ3n) is 0.787. The maximum atomic E-state index is 4.50. The van der Waals surface area contributed by atoms with E-state index in [0.29, 0.717) is 0 Å². The van der Waals surface area contributed by atoms with Gasteiger partial charge in [-0.1, -0.05) is 37.9 Å². The zero-order chi connectivity index (χ0) is 7.98. The molecule has 1 aromatic rings. The second-order valence-corrected chi connectivity index (χ2v) is 3.27. The van der Waals surface area contributed by atoms with E-state index >= 15 is 0 Å². The number of hydrogen-bond acceptors (Lipinski definition) is 1. The minimum Gasteiger partial charge on any atom is -0.333 e. The summed E-state index contributed by atoms with van der Waals surface area (Å²) < 4.78 is 2.21. The van der Waals surface area contributed by atoms with Gasteiger partial charge in [-0.2, -0.15) is 0 Å².